The zero-order chi connectivity index (χ0) is 17.2. The Morgan fingerprint density at radius 3 is 2.30 bits per heavy atom. The maximum atomic E-state index is 13.3. The molecule has 0 aliphatic carbocycles. The summed E-state index contributed by atoms with van der Waals surface area (Å²) in [6, 6.07) is 6.56. The summed E-state index contributed by atoms with van der Waals surface area (Å²) in [5.41, 5.74) is -0.128. The van der Waals surface area contributed by atoms with E-state index in [9.17, 15) is 28.1 Å². The molecule has 1 atom stereocenters. The Morgan fingerprint density at radius 1 is 1.22 bits per heavy atom. The lowest BCUT2D eigenvalue weighted by Crippen LogP contribution is -2.39. The summed E-state index contributed by atoms with van der Waals surface area (Å²) >= 11 is 0. The van der Waals surface area contributed by atoms with Gasteiger partial charge in [-0.15, -0.1) is 0 Å². The lowest BCUT2D eigenvalue weighted by Gasteiger charge is -2.29. The predicted octanol–water partition coefficient (Wildman–Crippen LogP) is 3.56. The number of benzene rings is 1. The predicted molar refractivity (Wildman–Crippen MR) is 72.7 cm³/mol. The van der Waals surface area contributed by atoms with Crippen LogP contribution in [0.5, 0.6) is 0 Å². The van der Waals surface area contributed by atoms with Crippen molar-refractivity contribution >= 4 is 11.8 Å². The molecule has 0 aliphatic rings. The van der Waals surface area contributed by atoms with E-state index in [4.69, 9.17) is 0 Å². The number of rotatable bonds is 4. The summed E-state index contributed by atoms with van der Waals surface area (Å²) in [4.78, 5) is 22.2. The Labute approximate surface area is 128 Å². The largest absolute Gasteiger partial charge is 0.433 e. The number of nitrogens with zero attached hydrogens (tertiary/aromatic N) is 2. The molecular formula is C14H11F3N2O4. The van der Waals surface area contributed by atoms with E-state index in [1.165, 1.54) is 24.3 Å². The summed E-state index contributed by atoms with van der Waals surface area (Å²) in [7, 11) is 0.960. The van der Waals surface area contributed by atoms with E-state index < -0.39 is 34.7 Å². The van der Waals surface area contributed by atoms with Crippen molar-refractivity contribution in [1.82, 2.24) is 4.90 Å². The van der Waals surface area contributed by atoms with Crippen molar-refractivity contribution in [1.29, 1.82) is 0 Å². The van der Waals surface area contributed by atoms with Crippen molar-refractivity contribution in [2.45, 2.75) is 12.2 Å². The fourth-order valence-electron chi connectivity index (χ4n) is 2.10. The molecule has 2 rings (SSSR count). The monoisotopic (exact) mass is 328 g/mol. The van der Waals surface area contributed by atoms with Crippen molar-refractivity contribution in [2.75, 3.05) is 7.05 Å². The van der Waals surface area contributed by atoms with Gasteiger partial charge in [0.15, 0.2) is 11.8 Å². The van der Waals surface area contributed by atoms with Crippen LogP contribution in [-0.2, 0) is 0 Å². The SMILES string of the molecule is CN(C(=O)c1ccc([N+](=O)[O-])o1)[C@H](c1ccccc1)C(F)(F)F. The number of hydrogen-bond acceptors (Lipinski definition) is 4. The van der Waals surface area contributed by atoms with Gasteiger partial charge in [-0.05, 0) is 11.6 Å². The molecule has 0 saturated heterocycles. The molecule has 2 aromatic rings. The van der Waals surface area contributed by atoms with Crippen LogP contribution in [0.1, 0.15) is 22.2 Å². The van der Waals surface area contributed by atoms with Gasteiger partial charge in [0.05, 0.1) is 6.07 Å². The number of carbonyl (C=O) groups is 1. The number of carbonyl (C=O) groups excluding carboxylic acids is 1. The molecule has 23 heavy (non-hydrogen) atoms. The van der Waals surface area contributed by atoms with E-state index in [-0.39, 0.29) is 5.56 Å². The summed E-state index contributed by atoms with van der Waals surface area (Å²) in [6.45, 7) is 0. The highest BCUT2D eigenvalue weighted by Gasteiger charge is 2.45. The molecule has 6 nitrogen and oxygen atoms in total. The first-order valence-electron chi connectivity index (χ1n) is 6.35. The Bertz CT molecular complexity index is 712. The van der Waals surface area contributed by atoms with Gasteiger partial charge >= 0.3 is 12.1 Å². The van der Waals surface area contributed by atoms with Crippen molar-refractivity contribution in [3.05, 3.63) is 63.9 Å². The molecule has 0 aliphatic heterocycles. The number of amides is 1. The van der Waals surface area contributed by atoms with Gasteiger partial charge in [0.2, 0.25) is 0 Å². The average Bonchev–Trinajstić information content (AvgIpc) is 2.96. The van der Waals surface area contributed by atoms with E-state index >= 15 is 0 Å². The van der Waals surface area contributed by atoms with E-state index in [0.717, 1.165) is 19.2 Å². The lowest BCUT2D eigenvalue weighted by atomic mass is 10.1. The Morgan fingerprint density at radius 2 is 1.83 bits per heavy atom. The average molecular weight is 328 g/mol. The van der Waals surface area contributed by atoms with Crippen molar-refractivity contribution in [3.63, 3.8) is 0 Å². The van der Waals surface area contributed by atoms with Crippen molar-refractivity contribution < 1.29 is 27.3 Å². The second-order valence-electron chi connectivity index (χ2n) is 4.67. The third-order valence-corrected chi connectivity index (χ3v) is 3.12. The zero-order valence-electron chi connectivity index (χ0n) is 11.8. The highest BCUT2D eigenvalue weighted by atomic mass is 19.4. The first-order chi connectivity index (χ1) is 10.7. The standard InChI is InChI=1S/C14H11F3N2O4/c1-18(13(20)10-7-8-11(23-10)19(21)22)12(14(15,16)17)9-5-3-2-4-6-9/h2-8,12H,1H3/t12-/m1/s1. The molecule has 0 saturated carbocycles. The Balaban J connectivity index is 2.35. The first-order valence-corrected chi connectivity index (χ1v) is 6.35. The summed E-state index contributed by atoms with van der Waals surface area (Å²) in [6.07, 6.45) is -4.72. The molecule has 0 radical (unpaired) electrons. The fourth-order valence-corrected chi connectivity index (χ4v) is 2.10. The van der Waals surface area contributed by atoms with Gasteiger partial charge in [0, 0.05) is 7.05 Å². The van der Waals surface area contributed by atoms with Gasteiger partial charge in [-0.25, -0.2) is 0 Å². The molecule has 1 amide bonds. The number of nitro groups is 1. The third-order valence-electron chi connectivity index (χ3n) is 3.12. The Kier molecular flexibility index (Phi) is 4.39. The molecule has 9 heteroatoms. The van der Waals surface area contributed by atoms with Crippen LogP contribution < -0.4 is 0 Å². The summed E-state index contributed by atoms with van der Waals surface area (Å²) < 4.78 is 44.7. The van der Waals surface area contributed by atoms with Gasteiger partial charge in [-0.1, -0.05) is 30.3 Å². The van der Waals surface area contributed by atoms with Crippen LogP contribution in [0.25, 0.3) is 0 Å². The molecule has 0 spiro atoms. The number of furan rings is 1. The fraction of sp³-hybridized carbons (Fsp3) is 0.214. The minimum Gasteiger partial charge on any atom is -0.395 e. The van der Waals surface area contributed by atoms with E-state index in [2.05, 4.69) is 4.42 Å². The zero-order valence-corrected chi connectivity index (χ0v) is 11.8. The van der Waals surface area contributed by atoms with Gasteiger partial charge in [0.1, 0.15) is 4.92 Å². The molecule has 0 unspecified atom stereocenters. The molecule has 122 valence electrons. The van der Waals surface area contributed by atoms with Crippen LogP contribution in [0.4, 0.5) is 19.1 Å². The van der Waals surface area contributed by atoms with Gasteiger partial charge in [-0.3, -0.25) is 14.9 Å². The van der Waals surface area contributed by atoms with Crippen LogP contribution in [-0.4, -0.2) is 29.0 Å². The first kappa shape index (κ1) is 16.5. The highest BCUT2D eigenvalue weighted by Crippen LogP contribution is 2.37. The topological polar surface area (TPSA) is 76.6 Å². The second-order valence-corrected chi connectivity index (χ2v) is 4.67. The number of alkyl halides is 3. The van der Waals surface area contributed by atoms with Crippen molar-refractivity contribution in [3.8, 4) is 0 Å². The van der Waals surface area contributed by atoms with E-state index in [1.54, 1.807) is 6.07 Å². The summed E-state index contributed by atoms with van der Waals surface area (Å²) in [5.74, 6) is -2.36. The van der Waals surface area contributed by atoms with Crippen LogP contribution in [0.3, 0.4) is 0 Å². The number of hydrogen-bond donors (Lipinski definition) is 0. The molecule has 0 fully saturated rings. The minimum atomic E-state index is -4.72. The molecule has 1 aromatic carbocycles. The molecule has 0 N–H and O–H groups in total. The van der Waals surface area contributed by atoms with Crippen LogP contribution in [0.15, 0.2) is 46.9 Å². The quantitative estimate of drug-likeness (QED) is 0.635. The second kappa shape index (κ2) is 6.11. The van der Waals surface area contributed by atoms with Crippen LogP contribution in [0, 0.1) is 10.1 Å². The summed E-state index contributed by atoms with van der Waals surface area (Å²) in [5, 5.41) is 10.5. The highest BCUT2D eigenvalue weighted by molar-refractivity contribution is 5.92. The van der Waals surface area contributed by atoms with Crippen LogP contribution in [0.2, 0.25) is 0 Å². The Hall–Kier alpha value is -2.84. The maximum Gasteiger partial charge on any atom is 0.433 e. The minimum absolute atomic E-state index is 0.128. The van der Waals surface area contributed by atoms with E-state index in [0.29, 0.717) is 4.90 Å². The lowest BCUT2D eigenvalue weighted by molar-refractivity contribution is -0.402. The molecule has 1 heterocycles. The molecule has 1 aromatic heterocycles. The van der Waals surface area contributed by atoms with Crippen LogP contribution >= 0.6 is 0 Å². The third kappa shape index (κ3) is 3.50. The number of halogens is 3. The van der Waals surface area contributed by atoms with Crippen molar-refractivity contribution in [2.24, 2.45) is 0 Å². The molecular weight excluding hydrogens is 317 g/mol. The molecule has 0 bridgehead atoms. The van der Waals surface area contributed by atoms with Gasteiger partial charge < -0.3 is 9.32 Å². The normalized spacial score (nSPS) is 12.7. The smallest absolute Gasteiger partial charge is 0.395 e. The maximum absolute atomic E-state index is 13.3. The van der Waals surface area contributed by atoms with Gasteiger partial charge in [-0.2, -0.15) is 13.2 Å². The van der Waals surface area contributed by atoms with E-state index in [1.807, 2.05) is 0 Å². The van der Waals surface area contributed by atoms with Gasteiger partial charge in [0.25, 0.3) is 5.91 Å².